The molecule has 106 valence electrons. The molecule has 0 saturated carbocycles. The molecule has 7 nitrogen and oxygen atoms in total. The van der Waals surface area contributed by atoms with Crippen molar-refractivity contribution in [2.45, 2.75) is 19.5 Å². The van der Waals surface area contributed by atoms with E-state index in [0.29, 0.717) is 13.0 Å². The molecule has 0 amide bonds. The van der Waals surface area contributed by atoms with E-state index in [1.165, 1.54) is 0 Å². The van der Waals surface area contributed by atoms with E-state index >= 15 is 0 Å². The third-order valence-electron chi connectivity index (χ3n) is 1.89. The highest BCUT2D eigenvalue weighted by molar-refractivity contribution is 5.61. The Balaban J connectivity index is 2.99. The summed E-state index contributed by atoms with van der Waals surface area (Å²) >= 11 is 0. The summed E-state index contributed by atoms with van der Waals surface area (Å²) in [5.41, 5.74) is -0.708. The maximum atomic E-state index is 12.0. The average Bonchev–Trinajstić information content (AvgIpc) is 2.32. The third-order valence-corrected chi connectivity index (χ3v) is 1.89. The largest absolute Gasteiger partial charge is 0.463 e. The Kier molecular flexibility index (Phi) is 4.84. The SMILES string of the molecule is CCCNc1ncnc(OCC(F)(F)F)c1[N+](=O)[O-]. The number of anilines is 1. The highest BCUT2D eigenvalue weighted by Gasteiger charge is 2.32. The van der Waals surface area contributed by atoms with Crippen molar-refractivity contribution >= 4 is 11.5 Å². The molecule has 0 aromatic carbocycles. The van der Waals surface area contributed by atoms with E-state index in [4.69, 9.17) is 0 Å². The molecule has 0 spiro atoms. The first-order valence-corrected chi connectivity index (χ1v) is 5.28. The van der Waals surface area contributed by atoms with Gasteiger partial charge in [0.05, 0.1) is 4.92 Å². The first-order valence-electron chi connectivity index (χ1n) is 5.28. The van der Waals surface area contributed by atoms with Gasteiger partial charge in [0.1, 0.15) is 6.33 Å². The molecule has 0 radical (unpaired) electrons. The predicted octanol–water partition coefficient (Wildman–Crippen LogP) is 2.15. The van der Waals surface area contributed by atoms with Crippen LogP contribution in [0.1, 0.15) is 13.3 Å². The van der Waals surface area contributed by atoms with Crippen LogP contribution in [-0.2, 0) is 0 Å². The maximum absolute atomic E-state index is 12.0. The quantitative estimate of drug-likeness (QED) is 0.634. The smallest absolute Gasteiger partial charge is 0.422 e. The van der Waals surface area contributed by atoms with Crippen molar-refractivity contribution in [3.8, 4) is 5.88 Å². The number of nitrogens with zero attached hydrogens (tertiary/aromatic N) is 3. The molecular formula is C9H11F3N4O3. The van der Waals surface area contributed by atoms with Gasteiger partial charge in [0.2, 0.25) is 5.82 Å². The molecule has 0 aliphatic rings. The summed E-state index contributed by atoms with van der Waals surface area (Å²) in [4.78, 5) is 16.9. The number of rotatable bonds is 6. The van der Waals surface area contributed by atoms with Crippen molar-refractivity contribution in [3.05, 3.63) is 16.4 Å². The van der Waals surface area contributed by atoms with Gasteiger partial charge in [-0.25, -0.2) is 4.98 Å². The highest BCUT2D eigenvalue weighted by atomic mass is 19.4. The van der Waals surface area contributed by atoms with Crippen LogP contribution in [0.4, 0.5) is 24.7 Å². The van der Waals surface area contributed by atoms with Crippen LogP contribution in [0.3, 0.4) is 0 Å². The number of hydrogen-bond donors (Lipinski definition) is 1. The van der Waals surface area contributed by atoms with Crippen molar-refractivity contribution in [1.29, 1.82) is 0 Å². The maximum Gasteiger partial charge on any atom is 0.422 e. The van der Waals surface area contributed by atoms with E-state index in [-0.39, 0.29) is 5.82 Å². The average molecular weight is 280 g/mol. The zero-order valence-corrected chi connectivity index (χ0v) is 9.90. The van der Waals surface area contributed by atoms with Crippen LogP contribution >= 0.6 is 0 Å². The van der Waals surface area contributed by atoms with Gasteiger partial charge in [-0.3, -0.25) is 10.1 Å². The second kappa shape index (κ2) is 6.16. The Morgan fingerprint density at radius 1 is 1.47 bits per heavy atom. The second-order valence-electron chi connectivity index (χ2n) is 3.46. The fourth-order valence-corrected chi connectivity index (χ4v) is 1.16. The zero-order valence-electron chi connectivity index (χ0n) is 9.90. The molecule has 0 bridgehead atoms. The van der Waals surface area contributed by atoms with Gasteiger partial charge in [-0.1, -0.05) is 6.92 Å². The van der Waals surface area contributed by atoms with Crippen LogP contribution in [0.2, 0.25) is 0 Å². The van der Waals surface area contributed by atoms with Crippen LogP contribution in [0.25, 0.3) is 0 Å². The minimum atomic E-state index is -4.60. The fraction of sp³-hybridized carbons (Fsp3) is 0.556. The van der Waals surface area contributed by atoms with Crippen molar-refractivity contribution in [1.82, 2.24) is 9.97 Å². The molecule has 0 atom stereocenters. The molecule has 1 rings (SSSR count). The molecule has 0 aliphatic heterocycles. The van der Waals surface area contributed by atoms with Gasteiger partial charge in [-0.15, -0.1) is 0 Å². The molecule has 1 heterocycles. The molecule has 1 aromatic rings. The minimum absolute atomic E-state index is 0.168. The molecule has 1 N–H and O–H groups in total. The lowest BCUT2D eigenvalue weighted by atomic mass is 10.4. The van der Waals surface area contributed by atoms with E-state index in [1.54, 1.807) is 0 Å². The lowest BCUT2D eigenvalue weighted by molar-refractivity contribution is -0.385. The molecule has 10 heteroatoms. The number of halogens is 3. The number of hydrogen-bond acceptors (Lipinski definition) is 6. The van der Waals surface area contributed by atoms with Crippen LogP contribution in [0.15, 0.2) is 6.33 Å². The number of nitrogens with one attached hydrogen (secondary N) is 1. The van der Waals surface area contributed by atoms with Crippen molar-refractivity contribution in [2.24, 2.45) is 0 Å². The standard InChI is InChI=1S/C9H11F3N4O3/c1-2-3-13-7-6(16(17)18)8(15-5-14-7)19-4-9(10,11)12/h5H,2-4H2,1H3,(H,13,14,15). The Morgan fingerprint density at radius 3 is 2.68 bits per heavy atom. The summed E-state index contributed by atoms with van der Waals surface area (Å²) in [6.45, 7) is 0.551. The number of alkyl halides is 3. The van der Waals surface area contributed by atoms with Crippen LogP contribution in [0.5, 0.6) is 5.88 Å². The summed E-state index contributed by atoms with van der Waals surface area (Å²) in [5, 5.41) is 13.5. The van der Waals surface area contributed by atoms with Gasteiger partial charge < -0.3 is 10.1 Å². The van der Waals surface area contributed by atoms with E-state index in [1.807, 2.05) is 6.92 Å². The third kappa shape index (κ3) is 4.56. The van der Waals surface area contributed by atoms with E-state index in [0.717, 1.165) is 6.33 Å². The summed E-state index contributed by atoms with van der Waals surface area (Å²) in [7, 11) is 0. The van der Waals surface area contributed by atoms with Gasteiger partial charge in [-0.2, -0.15) is 18.2 Å². The lowest BCUT2D eigenvalue weighted by Gasteiger charge is -2.10. The van der Waals surface area contributed by atoms with Crippen LogP contribution in [0, 0.1) is 10.1 Å². The Morgan fingerprint density at radius 2 is 2.16 bits per heavy atom. The molecule has 0 aliphatic carbocycles. The molecule has 0 unspecified atom stereocenters. The summed E-state index contributed by atoms with van der Waals surface area (Å²) in [5.74, 6) is -0.880. The van der Waals surface area contributed by atoms with E-state index in [2.05, 4.69) is 20.0 Å². The zero-order chi connectivity index (χ0) is 14.5. The fourth-order valence-electron chi connectivity index (χ4n) is 1.16. The summed E-state index contributed by atoms with van der Waals surface area (Å²) < 4.78 is 40.4. The topological polar surface area (TPSA) is 90.2 Å². The van der Waals surface area contributed by atoms with Gasteiger partial charge in [0, 0.05) is 6.54 Å². The normalized spacial score (nSPS) is 11.2. The number of ether oxygens (including phenoxy) is 1. The Labute approximate surface area is 106 Å². The molecule has 19 heavy (non-hydrogen) atoms. The van der Waals surface area contributed by atoms with Crippen molar-refractivity contribution in [3.63, 3.8) is 0 Å². The number of nitro groups is 1. The Hall–Kier alpha value is -2.13. The van der Waals surface area contributed by atoms with Crippen LogP contribution < -0.4 is 10.1 Å². The molecule has 0 saturated heterocycles. The Bertz CT molecular complexity index is 453. The van der Waals surface area contributed by atoms with Gasteiger partial charge >= 0.3 is 11.9 Å². The molecule has 0 fully saturated rings. The van der Waals surface area contributed by atoms with E-state index in [9.17, 15) is 23.3 Å². The van der Waals surface area contributed by atoms with Gasteiger partial charge in [-0.05, 0) is 6.42 Å². The van der Waals surface area contributed by atoms with Gasteiger partial charge in [0.15, 0.2) is 6.61 Å². The summed E-state index contributed by atoms with van der Waals surface area (Å²) in [6.07, 6.45) is -3.04. The van der Waals surface area contributed by atoms with Crippen LogP contribution in [-0.4, -0.2) is 34.2 Å². The first kappa shape index (κ1) is 14.9. The highest BCUT2D eigenvalue weighted by Crippen LogP contribution is 2.31. The summed E-state index contributed by atoms with van der Waals surface area (Å²) in [6, 6.07) is 0. The minimum Gasteiger partial charge on any atom is -0.463 e. The molecule has 1 aromatic heterocycles. The van der Waals surface area contributed by atoms with Crippen molar-refractivity contribution < 1.29 is 22.8 Å². The number of aromatic nitrogens is 2. The monoisotopic (exact) mass is 280 g/mol. The molecular weight excluding hydrogens is 269 g/mol. The first-order chi connectivity index (χ1) is 8.85. The van der Waals surface area contributed by atoms with Gasteiger partial charge in [0.25, 0.3) is 5.88 Å². The lowest BCUT2D eigenvalue weighted by Crippen LogP contribution is -2.20. The van der Waals surface area contributed by atoms with Crippen molar-refractivity contribution in [2.75, 3.05) is 18.5 Å². The second-order valence-corrected chi connectivity index (χ2v) is 3.46. The van der Waals surface area contributed by atoms with E-state index < -0.39 is 29.3 Å². The predicted molar refractivity (Wildman–Crippen MR) is 59.0 cm³/mol.